The molecule has 1 saturated heterocycles. The SMILES string of the molecule is Cc1nn(CC(O)N2CCCC2)c2nnc(-c3ccccc3)c(Cl)c12. The second kappa shape index (κ2) is 6.71. The number of aromatic nitrogens is 4. The Kier molecular flexibility index (Phi) is 4.41. The first-order chi connectivity index (χ1) is 12.1. The van der Waals surface area contributed by atoms with Crippen LogP contribution in [0.2, 0.25) is 5.02 Å². The second-order valence-corrected chi connectivity index (χ2v) is 6.80. The Morgan fingerprint density at radius 2 is 1.88 bits per heavy atom. The summed E-state index contributed by atoms with van der Waals surface area (Å²) < 4.78 is 1.71. The lowest BCUT2D eigenvalue weighted by molar-refractivity contribution is 0.00542. The van der Waals surface area contributed by atoms with Gasteiger partial charge in [0.2, 0.25) is 0 Å². The molecule has 0 radical (unpaired) electrons. The molecule has 6 nitrogen and oxygen atoms in total. The standard InChI is InChI=1S/C18H20ClN5O/c1-12-15-16(19)17(13-7-3-2-4-8-13)20-21-18(15)24(22-12)11-14(25)23-9-5-6-10-23/h2-4,7-8,14,25H,5-6,9-11H2,1H3. The number of aliphatic hydroxyl groups excluding tert-OH is 1. The summed E-state index contributed by atoms with van der Waals surface area (Å²) in [5.74, 6) is 0. The molecule has 0 amide bonds. The zero-order chi connectivity index (χ0) is 17.4. The predicted molar refractivity (Wildman–Crippen MR) is 97.3 cm³/mol. The van der Waals surface area contributed by atoms with Gasteiger partial charge in [0, 0.05) is 18.7 Å². The number of benzene rings is 1. The highest BCUT2D eigenvalue weighted by Crippen LogP contribution is 2.33. The van der Waals surface area contributed by atoms with E-state index in [0.29, 0.717) is 22.9 Å². The van der Waals surface area contributed by atoms with E-state index in [1.807, 2.05) is 37.3 Å². The van der Waals surface area contributed by atoms with Gasteiger partial charge in [0.25, 0.3) is 0 Å². The summed E-state index contributed by atoms with van der Waals surface area (Å²) in [4.78, 5) is 2.07. The van der Waals surface area contributed by atoms with Gasteiger partial charge in [-0.15, -0.1) is 10.2 Å². The van der Waals surface area contributed by atoms with Crippen molar-refractivity contribution in [2.75, 3.05) is 13.1 Å². The lowest BCUT2D eigenvalue weighted by Gasteiger charge is -2.22. The first-order valence-electron chi connectivity index (χ1n) is 8.52. The summed E-state index contributed by atoms with van der Waals surface area (Å²) in [5, 5.41) is 25.0. The molecule has 0 spiro atoms. The van der Waals surface area contributed by atoms with Crippen molar-refractivity contribution in [1.82, 2.24) is 24.9 Å². The maximum atomic E-state index is 10.5. The van der Waals surface area contributed by atoms with E-state index in [2.05, 4.69) is 20.2 Å². The maximum absolute atomic E-state index is 10.5. The number of hydrogen-bond donors (Lipinski definition) is 1. The van der Waals surface area contributed by atoms with Gasteiger partial charge in [-0.2, -0.15) is 5.10 Å². The smallest absolute Gasteiger partial charge is 0.182 e. The topological polar surface area (TPSA) is 67.1 Å². The predicted octanol–water partition coefficient (Wildman–Crippen LogP) is 2.87. The minimum Gasteiger partial charge on any atom is -0.376 e. The molecule has 1 fully saturated rings. The number of aryl methyl sites for hydroxylation is 1. The van der Waals surface area contributed by atoms with Crippen molar-refractivity contribution in [3.63, 3.8) is 0 Å². The average molecular weight is 358 g/mol. The van der Waals surface area contributed by atoms with Gasteiger partial charge in [-0.3, -0.25) is 4.90 Å². The fourth-order valence-electron chi connectivity index (χ4n) is 3.41. The molecule has 2 aromatic heterocycles. The molecule has 1 aliphatic heterocycles. The molecule has 1 aromatic carbocycles. The Labute approximate surface area is 151 Å². The highest BCUT2D eigenvalue weighted by Gasteiger charge is 2.23. The quantitative estimate of drug-likeness (QED) is 0.777. The molecule has 3 heterocycles. The summed E-state index contributed by atoms with van der Waals surface area (Å²) in [6.07, 6.45) is 1.68. The molecular weight excluding hydrogens is 338 g/mol. The maximum Gasteiger partial charge on any atom is 0.182 e. The van der Waals surface area contributed by atoms with Crippen molar-refractivity contribution in [2.45, 2.75) is 32.5 Å². The molecule has 3 aromatic rings. The van der Waals surface area contributed by atoms with Crippen LogP contribution in [0.4, 0.5) is 0 Å². The van der Waals surface area contributed by atoms with Crippen LogP contribution in [-0.2, 0) is 6.54 Å². The zero-order valence-corrected chi connectivity index (χ0v) is 14.8. The first kappa shape index (κ1) is 16.4. The van der Waals surface area contributed by atoms with Gasteiger partial charge in [0.05, 0.1) is 22.6 Å². The summed E-state index contributed by atoms with van der Waals surface area (Å²) in [5.41, 5.74) is 2.98. The van der Waals surface area contributed by atoms with E-state index in [4.69, 9.17) is 11.6 Å². The number of nitrogens with zero attached hydrogens (tertiary/aromatic N) is 5. The van der Waals surface area contributed by atoms with Crippen LogP contribution < -0.4 is 0 Å². The molecule has 1 N–H and O–H groups in total. The number of likely N-dealkylation sites (tertiary alicyclic amines) is 1. The van der Waals surface area contributed by atoms with Gasteiger partial charge in [-0.25, -0.2) is 4.68 Å². The van der Waals surface area contributed by atoms with Crippen LogP contribution in [0.25, 0.3) is 22.3 Å². The van der Waals surface area contributed by atoms with Gasteiger partial charge in [0.1, 0.15) is 11.9 Å². The first-order valence-corrected chi connectivity index (χ1v) is 8.90. The molecule has 0 saturated carbocycles. The Morgan fingerprint density at radius 3 is 2.60 bits per heavy atom. The van der Waals surface area contributed by atoms with E-state index >= 15 is 0 Å². The van der Waals surface area contributed by atoms with E-state index in [-0.39, 0.29) is 0 Å². The van der Waals surface area contributed by atoms with Crippen molar-refractivity contribution in [1.29, 1.82) is 0 Å². The van der Waals surface area contributed by atoms with Crippen molar-refractivity contribution >= 4 is 22.6 Å². The minimum absolute atomic E-state index is 0.361. The van der Waals surface area contributed by atoms with Crippen LogP contribution in [0.15, 0.2) is 30.3 Å². The van der Waals surface area contributed by atoms with Gasteiger partial charge in [-0.05, 0) is 19.8 Å². The molecule has 130 valence electrons. The summed E-state index contributed by atoms with van der Waals surface area (Å²) in [6.45, 7) is 4.11. The van der Waals surface area contributed by atoms with Crippen molar-refractivity contribution in [2.24, 2.45) is 0 Å². The van der Waals surface area contributed by atoms with Gasteiger partial charge < -0.3 is 5.11 Å². The molecule has 25 heavy (non-hydrogen) atoms. The van der Waals surface area contributed by atoms with Crippen molar-refractivity contribution in [3.05, 3.63) is 41.0 Å². The largest absolute Gasteiger partial charge is 0.376 e. The molecule has 0 aliphatic carbocycles. The number of hydrogen-bond acceptors (Lipinski definition) is 5. The van der Waals surface area contributed by atoms with Crippen LogP contribution in [0.3, 0.4) is 0 Å². The molecule has 0 bridgehead atoms. The van der Waals surface area contributed by atoms with Gasteiger partial charge in [0.15, 0.2) is 5.65 Å². The molecule has 7 heteroatoms. The molecule has 1 unspecified atom stereocenters. The fourth-order valence-corrected chi connectivity index (χ4v) is 3.77. The van der Waals surface area contributed by atoms with Gasteiger partial charge >= 0.3 is 0 Å². The summed E-state index contributed by atoms with van der Waals surface area (Å²) in [7, 11) is 0. The zero-order valence-electron chi connectivity index (χ0n) is 14.1. The summed E-state index contributed by atoms with van der Waals surface area (Å²) in [6, 6.07) is 9.75. The van der Waals surface area contributed by atoms with Crippen LogP contribution in [0.5, 0.6) is 0 Å². The second-order valence-electron chi connectivity index (χ2n) is 6.42. The van der Waals surface area contributed by atoms with E-state index in [1.165, 1.54) is 0 Å². The van der Waals surface area contributed by atoms with E-state index < -0.39 is 6.23 Å². The van der Waals surface area contributed by atoms with E-state index in [9.17, 15) is 5.11 Å². The van der Waals surface area contributed by atoms with Crippen LogP contribution >= 0.6 is 11.6 Å². The Morgan fingerprint density at radius 1 is 1.16 bits per heavy atom. The van der Waals surface area contributed by atoms with Crippen molar-refractivity contribution in [3.8, 4) is 11.3 Å². The minimum atomic E-state index is -0.570. The Hall–Kier alpha value is -2.02. The highest BCUT2D eigenvalue weighted by molar-refractivity contribution is 6.37. The molecule has 1 aliphatic rings. The number of halogens is 1. The lowest BCUT2D eigenvalue weighted by atomic mass is 10.1. The number of aliphatic hydroxyl groups is 1. The Bertz CT molecular complexity index is 889. The lowest BCUT2D eigenvalue weighted by Crippen LogP contribution is -2.36. The molecule has 4 rings (SSSR count). The fraction of sp³-hybridized carbons (Fsp3) is 0.389. The van der Waals surface area contributed by atoms with E-state index in [0.717, 1.165) is 42.6 Å². The van der Waals surface area contributed by atoms with Crippen LogP contribution in [0.1, 0.15) is 18.5 Å². The van der Waals surface area contributed by atoms with E-state index in [1.54, 1.807) is 4.68 Å². The Balaban J connectivity index is 1.72. The summed E-state index contributed by atoms with van der Waals surface area (Å²) >= 11 is 6.63. The third kappa shape index (κ3) is 3.01. The number of fused-ring (bicyclic) bond motifs is 1. The molecule has 1 atom stereocenters. The van der Waals surface area contributed by atoms with Gasteiger partial charge in [-0.1, -0.05) is 41.9 Å². The normalized spacial score (nSPS) is 16.6. The van der Waals surface area contributed by atoms with Crippen LogP contribution in [-0.4, -0.2) is 49.3 Å². The third-order valence-corrected chi connectivity index (χ3v) is 5.09. The monoisotopic (exact) mass is 357 g/mol. The highest BCUT2D eigenvalue weighted by atomic mass is 35.5. The van der Waals surface area contributed by atoms with Crippen molar-refractivity contribution < 1.29 is 5.11 Å². The third-order valence-electron chi connectivity index (χ3n) is 4.72. The average Bonchev–Trinajstić information content (AvgIpc) is 3.25. The number of rotatable bonds is 4. The molecular formula is C18H20ClN5O. The van der Waals surface area contributed by atoms with Crippen LogP contribution in [0, 0.1) is 6.92 Å².